The normalized spacial score (nSPS) is 20.8. The SMILES string of the molecule is O=[C]CC1COCc2ccccc21. The van der Waals surface area contributed by atoms with E-state index in [1.807, 2.05) is 24.5 Å². The van der Waals surface area contributed by atoms with Crippen LogP contribution in [0, 0.1) is 0 Å². The zero-order valence-corrected chi connectivity index (χ0v) is 7.32. The van der Waals surface area contributed by atoms with Crippen LogP contribution in [0.3, 0.4) is 0 Å². The number of ether oxygens (including phenoxy) is 1. The molecule has 1 atom stereocenters. The van der Waals surface area contributed by atoms with Gasteiger partial charge in [-0.25, -0.2) is 0 Å². The van der Waals surface area contributed by atoms with Crippen molar-refractivity contribution in [2.24, 2.45) is 0 Å². The zero-order chi connectivity index (χ0) is 9.10. The van der Waals surface area contributed by atoms with Crippen LogP contribution in [-0.4, -0.2) is 12.9 Å². The Hall–Kier alpha value is -1.15. The highest BCUT2D eigenvalue weighted by Gasteiger charge is 2.19. The Bertz CT molecular complexity index is 307. The van der Waals surface area contributed by atoms with Crippen LogP contribution >= 0.6 is 0 Å². The molecule has 0 amide bonds. The van der Waals surface area contributed by atoms with E-state index in [9.17, 15) is 4.79 Å². The molecular formula is C11H11O2. The van der Waals surface area contributed by atoms with Crippen molar-refractivity contribution in [1.82, 2.24) is 0 Å². The highest BCUT2D eigenvalue weighted by molar-refractivity contribution is 5.53. The van der Waals surface area contributed by atoms with Crippen LogP contribution in [0.25, 0.3) is 0 Å². The minimum atomic E-state index is 0.211. The summed E-state index contributed by atoms with van der Waals surface area (Å²) in [6.45, 7) is 1.32. The predicted molar refractivity (Wildman–Crippen MR) is 49.1 cm³/mol. The largest absolute Gasteiger partial charge is 0.376 e. The molecule has 0 N–H and O–H groups in total. The third kappa shape index (κ3) is 1.63. The maximum atomic E-state index is 10.3. The van der Waals surface area contributed by atoms with Crippen LogP contribution in [0.1, 0.15) is 23.5 Å². The number of hydrogen-bond donors (Lipinski definition) is 0. The van der Waals surface area contributed by atoms with Crippen molar-refractivity contribution in [3.8, 4) is 0 Å². The highest BCUT2D eigenvalue weighted by atomic mass is 16.5. The van der Waals surface area contributed by atoms with Crippen LogP contribution in [0.2, 0.25) is 0 Å². The van der Waals surface area contributed by atoms with Gasteiger partial charge in [0.05, 0.1) is 13.2 Å². The average Bonchev–Trinajstić information content (AvgIpc) is 2.19. The minimum Gasteiger partial charge on any atom is -0.376 e. The Balaban J connectivity index is 2.31. The lowest BCUT2D eigenvalue weighted by Gasteiger charge is -2.23. The summed E-state index contributed by atoms with van der Waals surface area (Å²) in [6, 6.07) is 8.11. The van der Waals surface area contributed by atoms with E-state index in [0.717, 1.165) is 0 Å². The Morgan fingerprint density at radius 2 is 2.31 bits per heavy atom. The summed E-state index contributed by atoms with van der Waals surface area (Å²) in [6.07, 6.45) is 2.39. The first-order valence-corrected chi connectivity index (χ1v) is 4.42. The second-order valence-corrected chi connectivity index (χ2v) is 3.26. The van der Waals surface area contributed by atoms with Gasteiger partial charge in [0.25, 0.3) is 0 Å². The summed E-state index contributed by atoms with van der Waals surface area (Å²) in [5.41, 5.74) is 2.45. The molecule has 1 unspecified atom stereocenters. The van der Waals surface area contributed by atoms with E-state index in [-0.39, 0.29) is 5.92 Å². The van der Waals surface area contributed by atoms with Gasteiger partial charge in [-0.2, -0.15) is 0 Å². The monoisotopic (exact) mass is 175 g/mol. The van der Waals surface area contributed by atoms with Crippen molar-refractivity contribution in [2.45, 2.75) is 18.9 Å². The molecule has 0 bridgehead atoms. The van der Waals surface area contributed by atoms with E-state index in [0.29, 0.717) is 19.6 Å². The summed E-state index contributed by atoms with van der Waals surface area (Å²) in [7, 11) is 0. The summed E-state index contributed by atoms with van der Waals surface area (Å²) < 4.78 is 5.38. The van der Waals surface area contributed by atoms with Gasteiger partial charge in [0, 0.05) is 12.3 Å². The van der Waals surface area contributed by atoms with Gasteiger partial charge in [-0.3, -0.25) is 4.79 Å². The van der Waals surface area contributed by atoms with Gasteiger partial charge < -0.3 is 4.74 Å². The molecule has 2 rings (SSSR count). The van der Waals surface area contributed by atoms with Crippen LogP contribution in [0.4, 0.5) is 0 Å². The first-order chi connectivity index (χ1) is 6.42. The van der Waals surface area contributed by atoms with Gasteiger partial charge >= 0.3 is 0 Å². The van der Waals surface area contributed by atoms with Gasteiger partial charge in [-0.05, 0) is 11.1 Å². The third-order valence-electron chi connectivity index (χ3n) is 2.40. The van der Waals surface area contributed by atoms with Gasteiger partial charge in [0.1, 0.15) is 0 Å². The third-order valence-corrected chi connectivity index (χ3v) is 2.40. The molecule has 2 heteroatoms. The zero-order valence-electron chi connectivity index (χ0n) is 7.32. The molecule has 1 aliphatic heterocycles. The molecule has 1 radical (unpaired) electrons. The quantitative estimate of drug-likeness (QED) is 0.685. The first-order valence-electron chi connectivity index (χ1n) is 4.42. The first kappa shape index (κ1) is 8.45. The summed E-state index contributed by atoms with van der Waals surface area (Å²) >= 11 is 0. The molecule has 1 heterocycles. The van der Waals surface area contributed by atoms with E-state index in [1.165, 1.54) is 11.1 Å². The van der Waals surface area contributed by atoms with E-state index in [1.54, 1.807) is 0 Å². The van der Waals surface area contributed by atoms with Crippen LogP contribution in [0.15, 0.2) is 24.3 Å². The highest BCUT2D eigenvalue weighted by Crippen LogP contribution is 2.27. The van der Waals surface area contributed by atoms with Gasteiger partial charge in [-0.15, -0.1) is 0 Å². The lowest BCUT2D eigenvalue weighted by molar-refractivity contribution is 0.0923. The van der Waals surface area contributed by atoms with Crippen molar-refractivity contribution in [1.29, 1.82) is 0 Å². The second kappa shape index (κ2) is 3.71. The summed E-state index contributed by atoms with van der Waals surface area (Å²) in [4.78, 5) is 10.3. The maximum absolute atomic E-state index is 10.3. The van der Waals surface area contributed by atoms with E-state index in [2.05, 4.69) is 6.07 Å². The fraction of sp³-hybridized carbons (Fsp3) is 0.364. The maximum Gasteiger partial charge on any atom is 0.199 e. The van der Waals surface area contributed by atoms with Gasteiger partial charge in [0.2, 0.25) is 0 Å². The number of carbonyl (C=O) groups excluding carboxylic acids is 1. The second-order valence-electron chi connectivity index (χ2n) is 3.26. The molecule has 0 spiro atoms. The van der Waals surface area contributed by atoms with Crippen LogP contribution in [0.5, 0.6) is 0 Å². The standard InChI is InChI=1S/C11H11O2/c12-6-5-10-8-13-7-9-3-1-2-4-11(9)10/h1-4,10H,5,7-8H2. The van der Waals surface area contributed by atoms with Gasteiger partial charge in [0.15, 0.2) is 6.29 Å². The average molecular weight is 175 g/mol. The summed E-state index contributed by atoms with van der Waals surface area (Å²) in [5, 5.41) is 0. The van der Waals surface area contributed by atoms with Crippen molar-refractivity contribution < 1.29 is 9.53 Å². The smallest absolute Gasteiger partial charge is 0.199 e. The molecule has 0 saturated heterocycles. The molecule has 67 valence electrons. The minimum absolute atomic E-state index is 0.211. The predicted octanol–water partition coefficient (Wildman–Crippen LogP) is 1.80. The summed E-state index contributed by atoms with van der Waals surface area (Å²) in [5.74, 6) is 0.211. The van der Waals surface area contributed by atoms with Crippen molar-refractivity contribution in [3.63, 3.8) is 0 Å². The number of fused-ring (bicyclic) bond motifs is 1. The van der Waals surface area contributed by atoms with Crippen molar-refractivity contribution in [2.75, 3.05) is 6.61 Å². The lowest BCUT2D eigenvalue weighted by atomic mass is 9.91. The van der Waals surface area contributed by atoms with Crippen molar-refractivity contribution in [3.05, 3.63) is 35.4 Å². The molecule has 0 saturated carbocycles. The van der Waals surface area contributed by atoms with Crippen LogP contribution in [-0.2, 0) is 16.1 Å². The fourth-order valence-electron chi connectivity index (χ4n) is 1.73. The molecule has 1 aromatic carbocycles. The number of rotatable bonds is 2. The van der Waals surface area contributed by atoms with E-state index in [4.69, 9.17) is 4.74 Å². The van der Waals surface area contributed by atoms with E-state index >= 15 is 0 Å². The molecule has 0 fully saturated rings. The molecule has 1 aliphatic rings. The van der Waals surface area contributed by atoms with E-state index < -0.39 is 0 Å². The fourth-order valence-corrected chi connectivity index (χ4v) is 1.73. The Labute approximate surface area is 77.5 Å². The molecule has 13 heavy (non-hydrogen) atoms. The topological polar surface area (TPSA) is 26.3 Å². The molecule has 2 nitrogen and oxygen atoms in total. The molecular weight excluding hydrogens is 164 g/mol. The Morgan fingerprint density at radius 3 is 3.15 bits per heavy atom. The molecule has 1 aromatic rings. The Kier molecular flexibility index (Phi) is 2.41. The molecule has 0 aromatic heterocycles. The molecule has 0 aliphatic carbocycles. The lowest BCUT2D eigenvalue weighted by Crippen LogP contribution is -2.16. The van der Waals surface area contributed by atoms with Crippen LogP contribution < -0.4 is 0 Å². The van der Waals surface area contributed by atoms with Gasteiger partial charge in [-0.1, -0.05) is 24.3 Å². The van der Waals surface area contributed by atoms with Crippen molar-refractivity contribution >= 4 is 6.29 Å². The number of benzene rings is 1. The number of hydrogen-bond acceptors (Lipinski definition) is 2. The Morgan fingerprint density at radius 1 is 1.46 bits per heavy atom.